The number of carbonyl (C=O) groups excluding carboxylic acids is 1. The van der Waals surface area contributed by atoms with Crippen LogP contribution in [0.2, 0.25) is 5.02 Å². The van der Waals surface area contributed by atoms with Crippen LogP contribution in [0, 0.1) is 17.0 Å². The van der Waals surface area contributed by atoms with Crippen molar-refractivity contribution in [3.8, 4) is 0 Å². The molecule has 0 bridgehead atoms. The van der Waals surface area contributed by atoms with Crippen LogP contribution in [0.3, 0.4) is 0 Å². The van der Waals surface area contributed by atoms with Crippen LogP contribution in [-0.4, -0.2) is 48.9 Å². The van der Waals surface area contributed by atoms with Crippen LogP contribution < -0.4 is 10.0 Å². The molecule has 1 aromatic rings. The Balaban J connectivity index is 2.08. The number of sulfonamides is 1. The Morgan fingerprint density at radius 3 is 2.36 bits per heavy atom. The molecule has 0 aromatic heterocycles. The summed E-state index contributed by atoms with van der Waals surface area (Å²) in [6.07, 6.45) is 0.900. The summed E-state index contributed by atoms with van der Waals surface area (Å²) < 4.78 is 28.1. The maximum atomic E-state index is 12.7. The zero-order valence-corrected chi connectivity index (χ0v) is 17.9. The van der Waals surface area contributed by atoms with Gasteiger partial charge in [0.2, 0.25) is 10.0 Å². The smallest absolute Gasteiger partial charge is 0.317 e. The third-order valence-corrected chi connectivity index (χ3v) is 6.28. The number of urea groups is 1. The lowest BCUT2D eigenvalue weighted by Crippen LogP contribution is -2.53. The van der Waals surface area contributed by atoms with E-state index in [0.717, 1.165) is 6.07 Å². The van der Waals surface area contributed by atoms with E-state index in [1.54, 1.807) is 4.90 Å². The first-order chi connectivity index (χ1) is 12.8. The number of piperidine rings is 1. The molecule has 9 nitrogen and oxygen atoms in total. The van der Waals surface area contributed by atoms with E-state index in [2.05, 4.69) is 10.0 Å². The van der Waals surface area contributed by atoms with Crippen molar-refractivity contribution >= 4 is 33.3 Å². The van der Waals surface area contributed by atoms with E-state index < -0.39 is 20.6 Å². The fourth-order valence-corrected chi connectivity index (χ4v) is 4.79. The predicted octanol–water partition coefficient (Wildman–Crippen LogP) is 2.81. The van der Waals surface area contributed by atoms with E-state index in [0.29, 0.717) is 31.5 Å². The van der Waals surface area contributed by atoms with Gasteiger partial charge in [0.05, 0.1) is 9.82 Å². The largest absolute Gasteiger partial charge is 0.333 e. The summed E-state index contributed by atoms with van der Waals surface area (Å²) in [6, 6.07) is 1.70. The van der Waals surface area contributed by atoms with Crippen LogP contribution in [-0.2, 0) is 10.0 Å². The van der Waals surface area contributed by atoms with Gasteiger partial charge in [-0.2, -0.15) is 0 Å². The van der Waals surface area contributed by atoms with Gasteiger partial charge in [0.1, 0.15) is 5.02 Å². The van der Waals surface area contributed by atoms with E-state index in [-0.39, 0.29) is 27.5 Å². The van der Waals surface area contributed by atoms with Crippen molar-refractivity contribution in [2.24, 2.45) is 0 Å². The van der Waals surface area contributed by atoms with Crippen LogP contribution >= 0.6 is 11.6 Å². The Morgan fingerprint density at radius 1 is 1.29 bits per heavy atom. The Bertz CT molecular complexity index is 874. The fraction of sp³-hybridized carbons (Fsp3) is 0.588. The highest BCUT2D eigenvalue weighted by Crippen LogP contribution is 2.30. The van der Waals surface area contributed by atoms with E-state index >= 15 is 0 Å². The van der Waals surface area contributed by atoms with Crippen molar-refractivity contribution in [3.05, 3.63) is 32.8 Å². The highest BCUT2D eigenvalue weighted by molar-refractivity contribution is 7.89. The summed E-state index contributed by atoms with van der Waals surface area (Å²) in [7, 11) is -3.96. The fourth-order valence-electron chi connectivity index (χ4n) is 2.95. The lowest BCUT2D eigenvalue weighted by Gasteiger charge is -2.34. The summed E-state index contributed by atoms with van der Waals surface area (Å²) in [6.45, 7) is 8.02. The maximum absolute atomic E-state index is 12.7. The van der Waals surface area contributed by atoms with Crippen LogP contribution in [0.5, 0.6) is 0 Å². The molecule has 0 spiro atoms. The molecule has 28 heavy (non-hydrogen) atoms. The minimum absolute atomic E-state index is 0.111. The van der Waals surface area contributed by atoms with Crippen molar-refractivity contribution in [1.82, 2.24) is 14.9 Å². The topological polar surface area (TPSA) is 122 Å². The lowest BCUT2D eigenvalue weighted by molar-refractivity contribution is -0.384. The number of hydrogen-bond acceptors (Lipinski definition) is 5. The molecule has 2 amide bonds. The molecule has 1 saturated heterocycles. The summed E-state index contributed by atoms with van der Waals surface area (Å²) >= 11 is 5.83. The maximum Gasteiger partial charge on any atom is 0.317 e. The highest BCUT2D eigenvalue weighted by Gasteiger charge is 2.30. The number of nitrogens with zero attached hydrogens (tertiary/aromatic N) is 2. The van der Waals surface area contributed by atoms with Gasteiger partial charge in [-0.05, 0) is 52.2 Å². The highest BCUT2D eigenvalue weighted by atomic mass is 35.5. The number of rotatable bonds is 4. The molecule has 2 rings (SSSR count). The molecule has 1 aliphatic rings. The van der Waals surface area contributed by atoms with Gasteiger partial charge in [0.15, 0.2) is 0 Å². The normalized spacial score (nSPS) is 16.1. The number of aryl methyl sites for hydroxylation is 1. The molecule has 0 unspecified atom stereocenters. The number of benzene rings is 1. The van der Waals surface area contributed by atoms with Gasteiger partial charge in [0, 0.05) is 30.7 Å². The average Bonchev–Trinajstić information content (AvgIpc) is 2.52. The number of halogens is 1. The first kappa shape index (κ1) is 22.4. The molecule has 2 N–H and O–H groups in total. The van der Waals surface area contributed by atoms with E-state index in [4.69, 9.17) is 11.6 Å². The molecule has 0 aliphatic carbocycles. The number of carbonyl (C=O) groups is 1. The quantitative estimate of drug-likeness (QED) is 0.559. The SMILES string of the molecule is Cc1cc(Cl)c([N+](=O)[O-])cc1S(=O)(=O)NC1CCN(C(=O)NC(C)(C)C)CC1. The van der Waals surface area contributed by atoms with Crippen LogP contribution in [0.15, 0.2) is 17.0 Å². The third-order valence-electron chi connectivity index (χ3n) is 4.32. The Hall–Kier alpha value is -1.91. The van der Waals surface area contributed by atoms with Gasteiger partial charge >= 0.3 is 6.03 Å². The first-order valence-corrected chi connectivity index (χ1v) is 10.7. The standard InChI is InChI=1S/C17H25ClN4O5S/c1-11-9-13(18)14(22(24)25)10-15(11)28(26,27)20-12-5-7-21(8-6-12)16(23)19-17(2,3)4/h9-10,12,20H,5-8H2,1-4H3,(H,19,23). The Labute approximate surface area is 169 Å². The Morgan fingerprint density at radius 2 is 1.86 bits per heavy atom. The molecule has 156 valence electrons. The van der Waals surface area contributed by atoms with Crippen molar-refractivity contribution in [2.75, 3.05) is 13.1 Å². The second-order valence-corrected chi connectivity index (χ2v) is 9.98. The molecule has 0 radical (unpaired) electrons. The van der Waals surface area contributed by atoms with E-state index in [1.165, 1.54) is 13.0 Å². The monoisotopic (exact) mass is 432 g/mol. The van der Waals surface area contributed by atoms with E-state index in [9.17, 15) is 23.3 Å². The zero-order chi connectivity index (χ0) is 21.3. The van der Waals surface area contributed by atoms with Crippen molar-refractivity contribution < 1.29 is 18.1 Å². The second-order valence-electron chi connectivity index (χ2n) is 7.89. The lowest BCUT2D eigenvalue weighted by atomic mass is 10.1. The molecule has 0 saturated carbocycles. The van der Waals surface area contributed by atoms with Crippen molar-refractivity contribution in [1.29, 1.82) is 0 Å². The first-order valence-electron chi connectivity index (χ1n) is 8.84. The summed E-state index contributed by atoms with van der Waals surface area (Å²) in [5.74, 6) is 0. The summed E-state index contributed by atoms with van der Waals surface area (Å²) in [4.78, 5) is 24.0. The molecular weight excluding hydrogens is 408 g/mol. The van der Waals surface area contributed by atoms with Gasteiger partial charge in [-0.15, -0.1) is 0 Å². The van der Waals surface area contributed by atoms with E-state index in [1.807, 2.05) is 20.8 Å². The summed E-state index contributed by atoms with van der Waals surface area (Å²) in [5.41, 5.74) is -0.484. The molecule has 0 atom stereocenters. The predicted molar refractivity (Wildman–Crippen MR) is 106 cm³/mol. The molecule has 1 aromatic carbocycles. The minimum Gasteiger partial charge on any atom is -0.333 e. The van der Waals surface area contributed by atoms with Gasteiger partial charge in [-0.3, -0.25) is 10.1 Å². The number of nitrogens with one attached hydrogen (secondary N) is 2. The van der Waals surface area contributed by atoms with Crippen LogP contribution in [0.25, 0.3) is 0 Å². The third kappa shape index (κ3) is 5.55. The van der Waals surface area contributed by atoms with Gasteiger partial charge in [-0.1, -0.05) is 11.6 Å². The molecule has 11 heteroatoms. The summed E-state index contributed by atoms with van der Waals surface area (Å²) in [5, 5.41) is 13.8. The van der Waals surface area contributed by atoms with Crippen LogP contribution in [0.4, 0.5) is 10.5 Å². The molecular formula is C17H25ClN4O5S. The number of amides is 2. The molecule has 1 aliphatic heterocycles. The number of nitro benzene ring substituents is 1. The second kappa shape index (κ2) is 8.22. The average molecular weight is 433 g/mol. The van der Waals surface area contributed by atoms with Gasteiger partial charge < -0.3 is 10.2 Å². The van der Waals surface area contributed by atoms with Crippen molar-refractivity contribution in [2.45, 2.75) is 57.0 Å². The Kier molecular flexibility index (Phi) is 6.57. The number of nitro groups is 1. The number of likely N-dealkylation sites (tertiary alicyclic amines) is 1. The van der Waals surface area contributed by atoms with Gasteiger partial charge in [0.25, 0.3) is 5.69 Å². The van der Waals surface area contributed by atoms with Crippen LogP contribution in [0.1, 0.15) is 39.2 Å². The van der Waals surface area contributed by atoms with Crippen molar-refractivity contribution in [3.63, 3.8) is 0 Å². The molecule has 1 fully saturated rings. The zero-order valence-electron chi connectivity index (χ0n) is 16.3. The van der Waals surface area contributed by atoms with Gasteiger partial charge in [-0.25, -0.2) is 17.9 Å². The number of hydrogen-bond donors (Lipinski definition) is 2. The minimum atomic E-state index is -3.96. The molecule has 1 heterocycles.